The van der Waals surface area contributed by atoms with Gasteiger partial charge in [0.05, 0.1) is 11.6 Å². The Morgan fingerprint density at radius 1 is 1.40 bits per heavy atom. The molecule has 1 unspecified atom stereocenters. The Morgan fingerprint density at radius 2 is 2.20 bits per heavy atom. The number of hydrogen-bond donors (Lipinski definition) is 1. The van der Waals surface area contributed by atoms with E-state index >= 15 is 0 Å². The van der Waals surface area contributed by atoms with E-state index in [2.05, 4.69) is 10.3 Å². The van der Waals surface area contributed by atoms with E-state index in [4.69, 9.17) is 0 Å². The van der Waals surface area contributed by atoms with Gasteiger partial charge in [0.2, 0.25) is 6.41 Å². The molecule has 15 heavy (non-hydrogen) atoms. The van der Waals surface area contributed by atoms with E-state index in [9.17, 15) is 4.79 Å². The maximum Gasteiger partial charge on any atom is 0.207 e. The smallest absolute Gasteiger partial charge is 0.207 e. The fourth-order valence-electron chi connectivity index (χ4n) is 1.52. The first-order valence-electron chi connectivity index (χ1n) is 4.85. The number of nitrogens with zero attached hydrogens (tertiary/aromatic N) is 1. The predicted molar refractivity (Wildman–Crippen MR) is 59.4 cm³/mol. The van der Waals surface area contributed by atoms with Gasteiger partial charge in [-0.1, -0.05) is 18.2 Å². The first-order chi connectivity index (χ1) is 7.31. The van der Waals surface area contributed by atoms with Gasteiger partial charge in [-0.05, 0) is 24.6 Å². The van der Waals surface area contributed by atoms with E-state index in [1.54, 1.807) is 6.20 Å². The van der Waals surface area contributed by atoms with Crippen molar-refractivity contribution in [3.8, 4) is 0 Å². The number of para-hydroxylation sites is 1. The van der Waals surface area contributed by atoms with Gasteiger partial charge in [-0.25, -0.2) is 0 Å². The van der Waals surface area contributed by atoms with Crippen molar-refractivity contribution in [3.63, 3.8) is 0 Å². The Labute approximate surface area is 88.1 Å². The fourth-order valence-corrected chi connectivity index (χ4v) is 1.52. The maximum atomic E-state index is 10.3. The van der Waals surface area contributed by atoms with Crippen molar-refractivity contribution < 1.29 is 4.79 Å². The molecule has 1 N–H and O–H groups in total. The molecule has 1 heterocycles. The molecule has 2 aromatic rings. The zero-order chi connectivity index (χ0) is 10.7. The molecular weight excluding hydrogens is 188 g/mol. The second-order valence-corrected chi connectivity index (χ2v) is 3.47. The summed E-state index contributed by atoms with van der Waals surface area (Å²) < 4.78 is 0. The highest BCUT2D eigenvalue weighted by molar-refractivity contribution is 5.78. The van der Waals surface area contributed by atoms with Crippen LogP contribution < -0.4 is 5.32 Å². The van der Waals surface area contributed by atoms with Crippen LogP contribution in [-0.2, 0) is 4.79 Å². The number of amides is 1. The highest BCUT2D eigenvalue weighted by Gasteiger charge is 2.04. The quantitative estimate of drug-likeness (QED) is 0.770. The molecule has 0 saturated carbocycles. The van der Waals surface area contributed by atoms with Crippen LogP contribution in [0.15, 0.2) is 36.5 Å². The summed E-state index contributed by atoms with van der Waals surface area (Å²) in [5, 5.41) is 3.80. The minimum Gasteiger partial charge on any atom is -0.352 e. The Kier molecular flexibility index (Phi) is 2.63. The molecule has 1 aromatic heterocycles. The predicted octanol–water partition coefficient (Wildman–Crippen LogP) is 2.04. The molecule has 76 valence electrons. The van der Waals surface area contributed by atoms with E-state index < -0.39 is 0 Å². The number of nitrogens with one attached hydrogen (secondary N) is 1. The van der Waals surface area contributed by atoms with Crippen LogP contribution in [0.1, 0.15) is 18.5 Å². The SMILES string of the molecule is CC(NC=O)c1cnc2ccccc2c1. The maximum absolute atomic E-state index is 10.3. The van der Waals surface area contributed by atoms with Crippen molar-refractivity contribution in [1.82, 2.24) is 10.3 Å². The van der Waals surface area contributed by atoms with Crippen LogP contribution in [-0.4, -0.2) is 11.4 Å². The zero-order valence-electron chi connectivity index (χ0n) is 8.47. The Balaban J connectivity index is 2.42. The third-order valence-corrected chi connectivity index (χ3v) is 2.43. The average Bonchev–Trinajstić information content (AvgIpc) is 2.29. The molecule has 3 nitrogen and oxygen atoms in total. The lowest BCUT2D eigenvalue weighted by molar-refractivity contribution is -0.110. The molecule has 2 rings (SSSR count). The minimum atomic E-state index is -0.000365. The summed E-state index contributed by atoms with van der Waals surface area (Å²) in [5.41, 5.74) is 1.99. The van der Waals surface area contributed by atoms with Crippen LogP contribution in [0, 0.1) is 0 Å². The van der Waals surface area contributed by atoms with Crippen LogP contribution in [0.25, 0.3) is 10.9 Å². The summed E-state index contributed by atoms with van der Waals surface area (Å²) in [6, 6.07) is 9.97. The molecule has 0 spiro atoms. The number of rotatable bonds is 3. The third-order valence-electron chi connectivity index (χ3n) is 2.43. The number of aromatic nitrogens is 1. The van der Waals surface area contributed by atoms with Gasteiger partial charge in [0.1, 0.15) is 0 Å². The number of carbonyl (C=O) groups is 1. The second kappa shape index (κ2) is 4.09. The molecule has 1 atom stereocenters. The van der Waals surface area contributed by atoms with Crippen molar-refractivity contribution >= 4 is 17.3 Å². The third kappa shape index (κ3) is 1.96. The summed E-state index contributed by atoms with van der Waals surface area (Å²) in [4.78, 5) is 14.6. The molecular formula is C12H12N2O. The summed E-state index contributed by atoms with van der Waals surface area (Å²) in [5.74, 6) is 0. The first kappa shape index (κ1) is 9.65. The minimum absolute atomic E-state index is 0.000365. The van der Waals surface area contributed by atoms with Crippen molar-refractivity contribution in [3.05, 3.63) is 42.1 Å². The number of fused-ring (bicyclic) bond motifs is 1. The molecule has 1 amide bonds. The van der Waals surface area contributed by atoms with Gasteiger partial charge in [0.25, 0.3) is 0 Å². The van der Waals surface area contributed by atoms with Crippen LogP contribution in [0.4, 0.5) is 0 Å². The molecule has 0 fully saturated rings. The molecule has 3 heteroatoms. The van der Waals surface area contributed by atoms with E-state index in [0.29, 0.717) is 6.41 Å². The number of benzene rings is 1. The van der Waals surface area contributed by atoms with E-state index in [0.717, 1.165) is 16.5 Å². The summed E-state index contributed by atoms with van der Waals surface area (Å²) >= 11 is 0. The first-order valence-corrected chi connectivity index (χ1v) is 4.85. The Bertz CT molecular complexity index is 482. The molecule has 0 aliphatic heterocycles. The monoisotopic (exact) mass is 200 g/mol. The number of carbonyl (C=O) groups excluding carboxylic acids is 1. The van der Waals surface area contributed by atoms with E-state index in [-0.39, 0.29) is 6.04 Å². The highest BCUT2D eigenvalue weighted by Crippen LogP contribution is 2.17. The lowest BCUT2D eigenvalue weighted by Crippen LogP contribution is -2.16. The fraction of sp³-hybridized carbons (Fsp3) is 0.167. The van der Waals surface area contributed by atoms with Crippen molar-refractivity contribution in [2.75, 3.05) is 0 Å². The molecule has 0 bridgehead atoms. The Hall–Kier alpha value is -1.90. The second-order valence-electron chi connectivity index (χ2n) is 3.47. The van der Waals surface area contributed by atoms with Crippen molar-refractivity contribution in [2.24, 2.45) is 0 Å². The summed E-state index contributed by atoms with van der Waals surface area (Å²) in [6.07, 6.45) is 2.50. The molecule has 0 aliphatic rings. The summed E-state index contributed by atoms with van der Waals surface area (Å²) in [7, 11) is 0. The highest BCUT2D eigenvalue weighted by atomic mass is 16.1. The zero-order valence-corrected chi connectivity index (χ0v) is 8.47. The van der Waals surface area contributed by atoms with Crippen LogP contribution in [0.2, 0.25) is 0 Å². The largest absolute Gasteiger partial charge is 0.352 e. The van der Waals surface area contributed by atoms with Crippen LogP contribution in [0.5, 0.6) is 0 Å². The summed E-state index contributed by atoms with van der Waals surface area (Å²) in [6.45, 7) is 1.93. The number of pyridine rings is 1. The molecule has 0 radical (unpaired) electrons. The lowest BCUT2D eigenvalue weighted by atomic mass is 10.1. The van der Waals surface area contributed by atoms with E-state index in [1.165, 1.54) is 0 Å². The van der Waals surface area contributed by atoms with Gasteiger partial charge >= 0.3 is 0 Å². The lowest BCUT2D eigenvalue weighted by Gasteiger charge is -2.10. The van der Waals surface area contributed by atoms with Crippen molar-refractivity contribution in [2.45, 2.75) is 13.0 Å². The van der Waals surface area contributed by atoms with Gasteiger partial charge in [-0.2, -0.15) is 0 Å². The van der Waals surface area contributed by atoms with Gasteiger partial charge < -0.3 is 5.32 Å². The molecule has 0 aliphatic carbocycles. The molecule has 0 saturated heterocycles. The number of hydrogen-bond acceptors (Lipinski definition) is 2. The van der Waals surface area contributed by atoms with E-state index in [1.807, 2.05) is 37.3 Å². The standard InChI is InChI=1S/C12H12N2O/c1-9(14-8-15)11-6-10-4-2-3-5-12(10)13-7-11/h2-9H,1H3,(H,14,15). The van der Waals surface area contributed by atoms with Crippen LogP contribution in [0.3, 0.4) is 0 Å². The Morgan fingerprint density at radius 3 is 3.00 bits per heavy atom. The van der Waals surface area contributed by atoms with Crippen molar-refractivity contribution in [1.29, 1.82) is 0 Å². The van der Waals surface area contributed by atoms with Gasteiger partial charge in [-0.15, -0.1) is 0 Å². The average molecular weight is 200 g/mol. The van der Waals surface area contributed by atoms with Gasteiger partial charge in [0, 0.05) is 11.6 Å². The van der Waals surface area contributed by atoms with Gasteiger partial charge in [0.15, 0.2) is 0 Å². The van der Waals surface area contributed by atoms with Gasteiger partial charge in [-0.3, -0.25) is 9.78 Å². The van der Waals surface area contributed by atoms with Crippen LogP contribution >= 0.6 is 0 Å². The topological polar surface area (TPSA) is 42.0 Å². The molecule has 1 aromatic carbocycles. The normalized spacial score (nSPS) is 12.3.